The molecule has 2 N–H and O–H groups in total. The number of benzene rings is 3. The van der Waals surface area contributed by atoms with Crippen molar-refractivity contribution in [3.05, 3.63) is 96.6 Å². The first-order valence-corrected chi connectivity index (χ1v) is 10.6. The molecular weight excluding hydrogens is 402 g/mol. The molecule has 32 heavy (non-hydrogen) atoms. The van der Waals surface area contributed by atoms with Crippen molar-refractivity contribution < 1.29 is 14.7 Å². The zero-order valence-electron chi connectivity index (χ0n) is 17.6. The molecule has 3 aromatic rings. The predicted octanol–water partition coefficient (Wildman–Crippen LogP) is 4.12. The Morgan fingerprint density at radius 1 is 0.719 bits per heavy atom. The van der Waals surface area contributed by atoms with Crippen molar-refractivity contribution in [1.29, 1.82) is 0 Å². The molecule has 0 saturated carbocycles. The number of para-hydroxylation sites is 1. The van der Waals surface area contributed by atoms with Crippen LogP contribution in [0.1, 0.15) is 5.56 Å². The largest absolute Gasteiger partial charge is 0.478 e. The number of hydrogen-bond donors (Lipinski definition) is 2. The van der Waals surface area contributed by atoms with Crippen LogP contribution in [-0.4, -0.2) is 43.2 Å². The van der Waals surface area contributed by atoms with E-state index in [9.17, 15) is 14.7 Å². The third-order valence-corrected chi connectivity index (χ3v) is 5.49. The predicted molar refractivity (Wildman–Crippen MR) is 128 cm³/mol. The average Bonchev–Trinajstić information content (AvgIpc) is 2.84. The Balaban J connectivity index is 1.37. The van der Waals surface area contributed by atoms with E-state index in [-0.39, 0.29) is 5.57 Å². The molecule has 0 spiro atoms. The highest BCUT2D eigenvalue weighted by atomic mass is 16.4. The molecule has 1 amide bonds. The lowest BCUT2D eigenvalue weighted by Crippen LogP contribution is -2.46. The van der Waals surface area contributed by atoms with Crippen LogP contribution in [0, 0.1) is 0 Å². The summed E-state index contributed by atoms with van der Waals surface area (Å²) in [6.45, 7) is 3.74. The average molecular weight is 428 g/mol. The summed E-state index contributed by atoms with van der Waals surface area (Å²) in [6, 6.07) is 26.7. The van der Waals surface area contributed by atoms with E-state index in [0.29, 0.717) is 11.3 Å². The number of hydrogen-bond acceptors (Lipinski definition) is 4. The highest BCUT2D eigenvalue weighted by Crippen LogP contribution is 2.22. The van der Waals surface area contributed by atoms with Crippen molar-refractivity contribution in [2.45, 2.75) is 0 Å². The molecule has 6 nitrogen and oxygen atoms in total. The van der Waals surface area contributed by atoms with Crippen LogP contribution in [0.15, 0.2) is 91.0 Å². The number of nitrogens with zero attached hydrogens (tertiary/aromatic N) is 2. The van der Waals surface area contributed by atoms with E-state index in [1.54, 1.807) is 30.3 Å². The maximum atomic E-state index is 12.4. The van der Waals surface area contributed by atoms with Crippen LogP contribution in [0.25, 0.3) is 5.57 Å². The summed E-state index contributed by atoms with van der Waals surface area (Å²) in [4.78, 5) is 28.7. The minimum Gasteiger partial charge on any atom is -0.478 e. The molecule has 1 fully saturated rings. The van der Waals surface area contributed by atoms with Gasteiger partial charge < -0.3 is 20.2 Å². The van der Waals surface area contributed by atoms with Gasteiger partial charge in [0.15, 0.2) is 0 Å². The minimum absolute atomic E-state index is 0.0454. The second-order valence-corrected chi connectivity index (χ2v) is 7.57. The first-order valence-electron chi connectivity index (χ1n) is 10.6. The quantitative estimate of drug-likeness (QED) is 0.579. The summed E-state index contributed by atoms with van der Waals surface area (Å²) >= 11 is 0. The lowest BCUT2D eigenvalue weighted by atomic mass is 10.1. The number of amides is 1. The number of aliphatic carboxylic acids is 1. The smallest absolute Gasteiger partial charge is 0.336 e. The Labute approximate surface area is 187 Å². The number of carboxylic acids is 1. The first kappa shape index (κ1) is 21.2. The van der Waals surface area contributed by atoms with E-state index < -0.39 is 11.9 Å². The number of carboxylic acid groups (broad SMARTS) is 1. The van der Waals surface area contributed by atoms with Crippen molar-refractivity contribution in [1.82, 2.24) is 0 Å². The van der Waals surface area contributed by atoms with Crippen LogP contribution in [0.3, 0.4) is 0 Å². The van der Waals surface area contributed by atoms with Crippen molar-refractivity contribution >= 4 is 34.5 Å². The summed E-state index contributed by atoms with van der Waals surface area (Å²) in [7, 11) is 0. The second kappa shape index (κ2) is 9.83. The van der Waals surface area contributed by atoms with Crippen LogP contribution >= 0.6 is 0 Å². The fourth-order valence-corrected chi connectivity index (χ4v) is 3.81. The van der Waals surface area contributed by atoms with Gasteiger partial charge in [0.05, 0.1) is 5.57 Å². The Morgan fingerprint density at radius 3 is 1.75 bits per heavy atom. The van der Waals surface area contributed by atoms with Gasteiger partial charge in [-0.1, -0.05) is 48.5 Å². The number of rotatable bonds is 6. The molecule has 1 aliphatic rings. The number of carbonyl (C=O) groups is 2. The van der Waals surface area contributed by atoms with E-state index in [1.165, 1.54) is 5.69 Å². The Hall–Kier alpha value is -4.06. The minimum atomic E-state index is -1.14. The van der Waals surface area contributed by atoms with Gasteiger partial charge in [0, 0.05) is 49.3 Å². The van der Waals surface area contributed by atoms with Gasteiger partial charge in [-0.05, 0) is 42.0 Å². The van der Waals surface area contributed by atoms with Crippen molar-refractivity contribution in [2.24, 2.45) is 0 Å². The SMILES string of the molecule is O=C(C=C(C(=O)O)c1ccccc1)Nc1ccc(N2CCN(c3ccccc3)CC2)cc1. The molecule has 6 heteroatoms. The van der Waals surface area contributed by atoms with Gasteiger partial charge in [-0.15, -0.1) is 0 Å². The van der Waals surface area contributed by atoms with Gasteiger partial charge in [-0.2, -0.15) is 0 Å². The normalized spacial score (nSPS) is 14.2. The monoisotopic (exact) mass is 427 g/mol. The van der Waals surface area contributed by atoms with Crippen molar-refractivity contribution in [3.8, 4) is 0 Å². The molecule has 162 valence electrons. The molecule has 1 heterocycles. The Bertz CT molecular complexity index is 1090. The van der Waals surface area contributed by atoms with Crippen molar-refractivity contribution in [2.75, 3.05) is 41.3 Å². The molecule has 0 radical (unpaired) electrons. The lowest BCUT2D eigenvalue weighted by molar-refractivity contribution is -0.130. The highest BCUT2D eigenvalue weighted by Gasteiger charge is 2.17. The van der Waals surface area contributed by atoms with Crippen LogP contribution in [0.2, 0.25) is 0 Å². The summed E-state index contributed by atoms with van der Waals surface area (Å²) < 4.78 is 0. The number of carbonyl (C=O) groups excluding carboxylic acids is 1. The van der Waals surface area contributed by atoms with E-state index in [1.807, 2.05) is 30.3 Å². The second-order valence-electron chi connectivity index (χ2n) is 7.57. The number of nitrogens with one attached hydrogen (secondary N) is 1. The molecule has 0 unspecified atom stereocenters. The van der Waals surface area contributed by atoms with Gasteiger partial charge in [0.2, 0.25) is 5.91 Å². The third kappa shape index (κ3) is 5.16. The van der Waals surface area contributed by atoms with Gasteiger partial charge in [-0.25, -0.2) is 4.79 Å². The Morgan fingerprint density at radius 2 is 1.22 bits per heavy atom. The standard InChI is InChI=1S/C26H25N3O3/c30-25(19-24(26(31)32)20-7-3-1-4-8-20)27-21-11-13-23(14-12-21)29-17-15-28(16-18-29)22-9-5-2-6-10-22/h1-14,19H,15-18H2,(H,27,30)(H,31,32). The van der Waals surface area contributed by atoms with Crippen LogP contribution in [0.5, 0.6) is 0 Å². The van der Waals surface area contributed by atoms with Crippen LogP contribution in [-0.2, 0) is 9.59 Å². The highest BCUT2D eigenvalue weighted by molar-refractivity contribution is 6.21. The molecule has 0 aromatic heterocycles. The van der Waals surface area contributed by atoms with Gasteiger partial charge in [-0.3, -0.25) is 4.79 Å². The fraction of sp³-hybridized carbons (Fsp3) is 0.154. The van der Waals surface area contributed by atoms with Gasteiger partial charge in [0.25, 0.3) is 0 Å². The van der Waals surface area contributed by atoms with E-state index in [4.69, 9.17) is 0 Å². The zero-order valence-corrected chi connectivity index (χ0v) is 17.6. The summed E-state index contributed by atoms with van der Waals surface area (Å²) in [6.07, 6.45) is 1.12. The topological polar surface area (TPSA) is 72.9 Å². The molecule has 0 aliphatic carbocycles. The Kier molecular flexibility index (Phi) is 6.51. The molecule has 0 atom stereocenters. The maximum absolute atomic E-state index is 12.4. The van der Waals surface area contributed by atoms with Crippen molar-refractivity contribution in [3.63, 3.8) is 0 Å². The number of piperazine rings is 1. The molecule has 1 saturated heterocycles. The van der Waals surface area contributed by atoms with E-state index >= 15 is 0 Å². The lowest BCUT2D eigenvalue weighted by Gasteiger charge is -2.37. The van der Waals surface area contributed by atoms with Crippen LogP contribution in [0.4, 0.5) is 17.1 Å². The number of anilines is 3. The first-order chi connectivity index (χ1) is 15.6. The fourth-order valence-electron chi connectivity index (χ4n) is 3.81. The summed E-state index contributed by atoms with van der Waals surface area (Å²) in [5.41, 5.74) is 3.41. The summed E-state index contributed by atoms with van der Waals surface area (Å²) in [5, 5.41) is 12.2. The van der Waals surface area contributed by atoms with Crippen LogP contribution < -0.4 is 15.1 Å². The molecule has 3 aromatic carbocycles. The maximum Gasteiger partial charge on any atom is 0.336 e. The van der Waals surface area contributed by atoms with Gasteiger partial charge in [0.1, 0.15) is 0 Å². The third-order valence-electron chi connectivity index (χ3n) is 5.49. The zero-order chi connectivity index (χ0) is 22.3. The van der Waals surface area contributed by atoms with Gasteiger partial charge >= 0.3 is 5.97 Å². The molecule has 0 bridgehead atoms. The van der Waals surface area contributed by atoms with E-state index in [0.717, 1.165) is 37.9 Å². The molecule has 4 rings (SSSR count). The summed E-state index contributed by atoms with van der Waals surface area (Å²) in [5.74, 6) is -1.62. The molecular formula is C26H25N3O3. The van der Waals surface area contributed by atoms with E-state index in [2.05, 4.69) is 39.4 Å². The molecule has 1 aliphatic heterocycles.